The van der Waals surface area contributed by atoms with E-state index in [2.05, 4.69) is 10.2 Å². The van der Waals surface area contributed by atoms with Crippen LogP contribution in [-0.4, -0.2) is 10.2 Å². The van der Waals surface area contributed by atoms with E-state index in [1.54, 1.807) is 0 Å². The molecule has 0 saturated heterocycles. The maximum atomic E-state index is 12.8. The second kappa shape index (κ2) is 2.85. The van der Waals surface area contributed by atoms with Gasteiger partial charge < -0.3 is 0 Å². The largest absolute Gasteiger partial charge is 0.266 e. The van der Waals surface area contributed by atoms with E-state index in [9.17, 15) is 4.39 Å². The molecule has 0 fully saturated rings. The quantitative estimate of drug-likeness (QED) is 0.744. The van der Waals surface area contributed by atoms with Gasteiger partial charge in [0.1, 0.15) is 11.0 Å². The summed E-state index contributed by atoms with van der Waals surface area (Å²) >= 11 is 7.81. The molecule has 1 aromatic carbocycles. The van der Waals surface area contributed by atoms with E-state index in [1.807, 2.05) is 22.6 Å². The minimum atomic E-state index is -0.296. The van der Waals surface area contributed by atoms with Crippen LogP contribution in [0.4, 0.5) is 4.39 Å². The van der Waals surface area contributed by atoms with E-state index in [4.69, 9.17) is 11.6 Å². The highest BCUT2D eigenvalue weighted by Gasteiger charge is 2.08. The molecule has 1 aromatic heterocycles. The van der Waals surface area contributed by atoms with E-state index < -0.39 is 0 Å². The molecule has 0 bridgehead atoms. The summed E-state index contributed by atoms with van der Waals surface area (Å²) in [6, 6.07) is 2.77. The number of benzene rings is 1. The molecule has 62 valence electrons. The fourth-order valence-electron chi connectivity index (χ4n) is 1.03. The Morgan fingerprint density at radius 1 is 1.50 bits per heavy atom. The van der Waals surface area contributed by atoms with E-state index in [-0.39, 0.29) is 5.82 Å². The van der Waals surface area contributed by atoms with Crippen LogP contribution in [0.15, 0.2) is 12.1 Å². The first kappa shape index (κ1) is 8.25. The summed E-state index contributed by atoms with van der Waals surface area (Å²) in [5.74, 6) is -0.296. The van der Waals surface area contributed by atoms with E-state index in [0.29, 0.717) is 10.7 Å². The molecule has 0 spiro atoms. The van der Waals surface area contributed by atoms with Crippen molar-refractivity contribution in [3.8, 4) is 0 Å². The van der Waals surface area contributed by atoms with Crippen LogP contribution in [0.1, 0.15) is 0 Å². The van der Waals surface area contributed by atoms with Crippen molar-refractivity contribution in [3.05, 3.63) is 26.7 Å². The minimum absolute atomic E-state index is 0.296. The monoisotopic (exact) mass is 296 g/mol. The lowest BCUT2D eigenvalue weighted by molar-refractivity contribution is 0.628. The number of nitrogens with one attached hydrogen (secondary N) is 1. The lowest BCUT2D eigenvalue weighted by Crippen LogP contribution is -1.78. The highest BCUT2D eigenvalue weighted by molar-refractivity contribution is 14.1. The number of aromatic nitrogens is 2. The van der Waals surface area contributed by atoms with Crippen molar-refractivity contribution in [3.63, 3.8) is 0 Å². The second-order valence-electron chi connectivity index (χ2n) is 2.32. The standard InChI is InChI=1S/C7H3ClFIN2/c8-7-6-4(10)1-3(9)2-5(6)11-12-7/h1-2H,(H,11,12). The van der Waals surface area contributed by atoms with E-state index >= 15 is 0 Å². The third kappa shape index (κ3) is 1.19. The number of aromatic amines is 1. The number of nitrogens with zero attached hydrogens (tertiary/aromatic N) is 1. The van der Waals surface area contributed by atoms with Crippen molar-refractivity contribution < 1.29 is 4.39 Å². The van der Waals surface area contributed by atoms with Crippen molar-refractivity contribution in [2.24, 2.45) is 0 Å². The van der Waals surface area contributed by atoms with E-state index in [1.165, 1.54) is 12.1 Å². The Kier molecular flexibility index (Phi) is 1.96. The first-order valence-electron chi connectivity index (χ1n) is 3.17. The number of halogens is 3. The molecule has 2 aromatic rings. The van der Waals surface area contributed by atoms with Crippen LogP contribution in [0, 0.1) is 9.39 Å². The van der Waals surface area contributed by atoms with Crippen molar-refractivity contribution in [1.82, 2.24) is 10.2 Å². The molecule has 12 heavy (non-hydrogen) atoms. The number of hydrogen-bond acceptors (Lipinski definition) is 1. The summed E-state index contributed by atoms with van der Waals surface area (Å²) in [6.45, 7) is 0. The molecule has 0 atom stereocenters. The minimum Gasteiger partial charge on any atom is -0.266 e. The molecule has 5 heteroatoms. The molecular formula is C7H3ClFIN2. The van der Waals surface area contributed by atoms with Crippen LogP contribution < -0.4 is 0 Å². The van der Waals surface area contributed by atoms with Gasteiger partial charge in [-0.3, -0.25) is 5.10 Å². The zero-order valence-electron chi connectivity index (χ0n) is 5.74. The predicted molar refractivity (Wildman–Crippen MR) is 53.8 cm³/mol. The summed E-state index contributed by atoms with van der Waals surface area (Å²) in [4.78, 5) is 0. The van der Waals surface area contributed by atoms with Gasteiger partial charge in [-0.05, 0) is 28.7 Å². The summed E-state index contributed by atoms with van der Waals surface area (Å²) in [7, 11) is 0. The number of hydrogen-bond donors (Lipinski definition) is 1. The first-order chi connectivity index (χ1) is 5.68. The smallest absolute Gasteiger partial charge is 0.133 e. The molecule has 2 nitrogen and oxygen atoms in total. The van der Waals surface area contributed by atoms with Gasteiger partial charge in [0.05, 0.1) is 10.9 Å². The number of fused-ring (bicyclic) bond motifs is 1. The van der Waals surface area contributed by atoms with Gasteiger partial charge >= 0.3 is 0 Å². The molecule has 2 rings (SSSR count). The van der Waals surface area contributed by atoms with Crippen LogP contribution in [-0.2, 0) is 0 Å². The Hall–Kier alpha value is -0.360. The summed E-state index contributed by atoms with van der Waals surface area (Å²) in [5, 5.41) is 7.66. The van der Waals surface area contributed by atoms with Crippen LogP contribution in [0.25, 0.3) is 10.9 Å². The predicted octanol–water partition coefficient (Wildman–Crippen LogP) is 2.96. The normalized spacial score (nSPS) is 10.9. The Morgan fingerprint density at radius 2 is 2.25 bits per heavy atom. The average Bonchev–Trinajstić information content (AvgIpc) is 2.31. The van der Waals surface area contributed by atoms with Crippen molar-refractivity contribution in [1.29, 1.82) is 0 Å². The van der Waals surface area contributed by atoms with Crippen molar-refractivity contribution in [2.45, 2.75) is 0 Å². The highest BCUT2D eigenvalue weighted by Crippen LogP contribution is 2.26. The summed E-state index contributed by atoms with van der Waals surface area (Å²) in [5.41, 5.74) is 0.560. The first-order valence-corrected chi connectivity index (χ1v) is 4.63. The Labute approximate surface area is 86.2 Å². The zero-order valence-corrected chi connectivity index (χ0v) is 8.65. The molecule has 1 heterocycles. The van der Waals surface area contributed by atoms with Crippen LogP contribution in [0.5, 0.6) is 0 Å². The molecule has 0 aliphatic carbocycles. The molecule has 0 amide bonds. The van der Waals surface area contributed by atoms with Crippen LogP contribution >= 0.6 is 34.2 Å². The lowest BCUT2D eigenvalue weighted by Gasteiger charge is -1.93. The summed E-state index contributed by atoms with van der Waals surface area (Å²) < 4.78 is 13.6. The second-order valence-corrected chi connectivity index (χ2v) is 3.86. The Morgan fingerprint density at radius 3 is 3.00 bits per heavy atom. The van der Waals surface area contributed by atoms with Gasteiger partial charge in [-0.1, -0.05) is 11.6 Å². The SMILES string of the molecule is Fc1cc(I)c2c(Cl)[nH]nc2c1. The fourth-order valence-corrected chi connectivity index (χ4v) is 2.27. The van der Waals surface area contributed by atoms with Gasteiger partial charge in [-0.2, -0.15) is 5.10 Å². The fraction of sp³-hybridized carbons (Fsp3) is 0. The Balaban J connectivity index is 2.93. The molecular weight excluding hydrogens is 293 g/mol. The Bertz CT molecular complexity index is 440. The van der Waals surface area contributed by atoms with Gasteiger partial charge in [0.15, 0.2) is 0 Å². The topological polar surface area (TPSA) is 28.7 Å². The van der Waals surface area contributed by atoms with Crippen LogP contribution in [0.3, 0.4) is 0 Å². The van der Waals surface area contributed by atoms with E-state index in [0.717, 1.165) is 8.96 Å². The summed E-state index contributed by atoms with van der Waals surface area (Å²) in [6.07, 6.45) is 0. The maximum absolute atomic E-state index is 12.8. The van der Waals surface area contributed by atoms with Gasteiger partial charge in [0.25, 0.3) is 0 Å². The average molecular weight is 296 g/mol. The third-order valence-corrected chi connectivity index (χ3v) is 2.65. The van der Waals surface area contributed by atoms with Crippen molar-refractivity contribution in [2.75, 3.05) is 0 Å². The molecule has 0 unspecified atom stereocenters. The van der Waals surface area contributed by atoms with Gasteiger partial charge in [-0.15, -0.1) is 0 Å². The molecule has 0 aliphatic heterocycles. The molecule has 0 radical (unpaired) electrons. The lowest BCUT2D eigenvalue weighted by atomic mass is 10.2. The van der Waals surface area contributed by atoms with Gasteiger partial charge in [0, 0.05) is 9.64 Å². The molecule has 0 aliphatic rings. The molecule has 0 saturated carbocycles. The van der Waals surface area contributed by atoms with Gasteiger partial charge in [-0.25, -0.2) is 4.39 Å². The maximum Gasteiger partial charge on any atom is 0.133 e. The zero-order chi connectivity index (χ0) is 8.72. The number of H-pyrrole nitrogens is 1. The molecule has 1 N–H and O–H groups in total. The number of rotatable bonds is 0. The van der Waals surface area contributed by atoms with Crippen LogP contribution in [0.2, 0.25) is 5.15 Å². The third-order valence-electron chi connectivity index (χ3n) is 1.53. The van der Waals surface area contributed by atoms with Gasteiger partial charge in [0.2, 0.25) is 0 Å². The van der Waals surface area contributed by atoms with Crippen molar-refractivity contribution >= 4 is 45.1 Å². The highest BCUT2D eigenvalue weighted by atomic mass is 127.